The van der Waals surface area contributed by atoms with Crippen molar-refractivity contribution in [3.8, 4) is 11.3 Å². The first-order valence-corrected chi connectivity index (χ1v) is 10.3. The van der Waals surface area contributed by atoms with Crippen LogP contribution in [0.2, 0.25) is 5.02 Å². The molecule has 0 saturated carbocycles. The van der Waals surface area contributed by atoms with Gasteiger partial charge in [0.05, 0.1) is 12.2 Å². The number of carbonyl (C=O) groups excluding carboxylic acids is 2. The third-order valence-electron chi connectivity index (χ3n) is 4.95. The molecule has 0 unspecified atom stereocenters. The van der Waals surface area contributed by atoms with Crippen LogP contribution in [0, 0.1) is 13.8 Å². The van der Waals surface area contributed by atoms with Crippen LogP contribution in [0.25, 0.3) is 11.3 Å². The fourth-order valence-electron chi connectivity index (χ4n) is 3.30. The van der Waals surface area contributed by atoms with Crippen LogP contribution in [0.1, 0.15) is 35.0 Å². The predicted octanol–water partition coefficient (Wildman–Crippen LogP) is 5.63. The lowest BCUT2D eigenvalue weighted by Crippen LogP contribution is -2.16. The highest BCUT2D eigenvalue weighted by Gasteiger charge is 2.20. The van der Waals surface area contributed by atoms with Gasteiger partial charge in [0.2, 0.25) is 5.91 Å². The molecule has 0 bridgehead atoms. The van der Waals surface area contributed by atoms with Crippen molar-refractivity contribution < 1.29 is 14.3 Å². The standard InChI is InChI=1S/C24H25ClN2O3/c1-4-30-24(29)20-15-22(18-8-6-5-7-9-18)27(17(20)3)13-12-23(28)26-19-11-10-16(2)21(25)14-19/h5-11,14-15H,4,12-13H2,1-3H3,(H,26,28). The van der Waals surface area contributed by atoms with E-state index in [4.69, 9.17) is 16.3 Å². The maximum atomic E-state index is 12.5. The molecule has 6 heteroatoms. The van der Waals surface area contributed by atoms with Gasteiger partial charge < -0.3 is 14.6 Å². The Kier molecular flexibility index (Phi) is 6.95. The molecule has 3 rings (SSSR count). The molecular weight excluding hydrogens is 400 g/mol. The molecule has 5 nitrogen and oxygen atoms in total. The van der Waals surface area contributed by atoms with Crippen LogP contribution in [-0.2, 0) is 16.1 Å². The quantitative estimate of drug-likeness (QED) is 0.500. The van der Waals surface area contributed by atoms with E-state index >= 15 is 0 Å². The highest BCUT2D eigenvalue weighted by molar-refractivity contribution is 6.31. The molecule has 1 amide bonds. The Morgan fingerprint density at radius 1 is 1.07 bits per heavy atom. The number of aromatic nitrogens is 1. The topological polar surface area (TPSA) is 60.3 Å². The summed E-state index contributed by atoms with van der Waals surface area (Å²) in [5.41, 5.74) is 4.76. The van der Waals surface area contributed by atoms with Gasteiger partial charge in [0.15, 0.2) is 0 Å². The smallest absolute Gasteiger partial charge is 0.339 e. The van der Waals surface area contributed by atoms with Crippen LogP contribution in [0.3, 0.4) is 0 Å². The molecule has 1 N–H and O–H groups in total. The summed E-state index contributed by atoms with van der Waals surface area (Å²) in [6, 6.07) is 17.1. The highest BCUT2D eigenvalue weighted by Crippen LogP contribution is 2.27. The lowest BCUT2D eigenvalue weighted by molar-refractivity contribution is -0.116. The number of nitrogens with zero attached hydrogens (tertiary/aromatic N) is 1. The molecule has 0 aliphatic carbocycles. The van der Waals surface area contributed by atoms with Crippen LogP contribution in [0.5, 0.6) is 0 Å². The second kappa shape index (κ2) is 9.63. The number of halogens is 1. The SMILES string of the molecule is CCOC(=O)c1cc(-c2ccccc2)n(CCC(=O)Nc2ccc(C)c(Cl)c2)c1C. The fourth-order valence-corrected chi connectivity index (χ4v) is 3.48. The second-order valence-corrected chi connectivity index (χ2v) is 7.44. The minimum Gasteiger partial charge on any atom is -0.462 e. The Bertz CT molecular complexity index is 1060. The number of rotatable bonds is 7. The summed E-state index contributed by atoms with van der Waals surface area (Å²) in [6.45, 7) is 6.31. The van der Waals surface area contributed by atoms with Crippen LogP contribution in [0.15, 0.2) is 54.6 Å². The molecule has 0 radical (unpaired) electrons. The van der Waals surface area contributed by atoms with Gasteiger partial charge in [-0.2, -0.15) is 0 Å². The predicted molar refractivity (Wildman–Crippen MR) is 120 cm³/mol. The van der Waals surface area contributed by atoms with Crippen molar-refractivity contribution in [2.24, 2.45) is 0 Å². The number of nitrogens with one attached hydrogen (secondary N) is 1. The molecule has 0 aliphatic heterocycles. The number of carbonyl (C=O) groups is 2. The van der Waals surface area contributed by atoms with Gasteiger partial charge in [0.25, 0.3) is 0 Å². The summed E-state index contributed by atoms with van der Waals surface area (Å²) < 4.78 is 7.18. The second-order valence-electron chi connectivity index (χ2n) is 7.03. The van der Waals surface area contributed by atoms with Crippen molar-refractivity contribution in [2.45, 2.75) is 33.7 Å². The van der Waals surface area contributed by atoms with Gasteiger partial charge in [0.1, 0.15) is 0 Å². The van der Waals surface area contributed by atoms with Crippen LogP contribution < -0.4 is 5.32 Å². The number of anilines is 1. The maximum absolute atomic E-state index is 12.5. The zero-order valence-electron chi connectivity index (χ0n) is 17.4. The Labute approximate surface area is 181 Å². The summed E-state index contributed by atoms with van der Waals surface area (Å²) in [4.78, 5) is 24.9. The van der Waals surface area contributed by atoms with Crippen molar-refractivity contribution in [3.05, 3.63) is 76.4 Å². The summed E-state index contributed by atoms with van der Waals surface area (Å²) >= 11 is 6.14. The molecule has 0 atom stereocenters. The van der Waals surface area contributed by atoms with E-state index in [1.165, 1.54) is 0 Å². The van der Waals surface area contributed by atoms with E-state index < -0.39 is 0 Å². The van der Waals surface area contributed by atoms with Crippen molar-refractivity contribution in [1.29, 1.82) is 0 Å². The minimum absolute atomic E-state index is 0.125. The molecule has 0 spiro atoms. The van der Waals surface area contributed by atoms with E-state index in [1.807, 2.05) is 66.9 Å². The third-order valence-corrected chi connectivity index (χ3v) is 5.36. The van der Waals surface area contributed by atoms with Crippen molar-refractivity contribution >= 4 is 29.2 Å². The van der Waals surface area contributed by atoms with Crippen molar-refractivity contribution in [3.63, 3.8) is 0 Å². The van der Waals surface area contributed by atoms with Gasteiger partial charge in [-0.05, 0) is 50.1 Å². The first-order valence-electron chi connectivity index (χ1n) is 9.89. The third kappa shape index (κ3) is 4.92. The average molecular weight is 425 g/mol. The number of ether oxygens (including phenoxy) is 1. The van der Waals surface area contributed by atoms with Crippen molar-refractivity contribution in [1.82, 2.24) is 4.57 Å². The van der Waals surface area contributed by atoms with Gasteiger partial charge in [-0.15, -0.1) is 0 Å². The Hall–Kier alpha value is -3.05. The maximum Gasteiger partial charge on any atom is 0.339 e. The Balaban J connectivity index is 1.82. The number of hydrogen-bond donors (Lipinski definition) is 1. The fraction of sp³-hybridized carbons (Fsp3) is 0.250. The lowest BCUT2D eigenvalue weighted by atomic mass is 10.1. The first kappa shape index (κ1) is 21.7. The molecule has 156 valence electrons. The van der Waals surface area contributed by atoms with E-state index in [0.717, 1.165) is 22.5 Å². The van der Waals surface area contributed by atoms with Gasteiger partial charge in [-0.1, -0.05) is 48.0 Å². The Morgan fingerprint density at radius 2 is 1.80 bits per heavy atom. The van der Waals surface area contributed by atoms with E-state index in [9.17, 15) is 9.59 Å². The van der Waals surface area contributed by atoms with Gasteiger partial charge in [0, 0.05) is 35.1 Å². The molecule has 1 heterocycles. The van der Waals surface area contributed by atoms with Crippen LogP contribution in [0.4, 0.5) is 5.69 Å². The molecular formula is C24H25ClN2O3. The molecule has 1 aromatic heterocycles. The zero-order chi connectivity index (χ0) is 21.7. The minimum atomic E-state index is -0.357. The molecule has 2 aromatic carbocycles. The van der Waals surface area contributed by atoms with E-state index in [2.05, 4.69) is 5.32 Å². The van der Waals surface area contributed by atoms with Crippen molar-refractivity contribution in [2.75, 3.05) is 11.9 Å². The summed E-state index contributed by atoms with van der Waals surface area (Å²) in [5.74, 6) is -0.482. The number of benzene rings is 2. The zero-order valence-corrected chi connectivity index (χ0v) is 18.1. The molecule has 0 fully saturated rings. The summed E-state index contributed by atoms with van der Waals surface area (Å²) in [5, 5.41) is 3.49. The summed E-state index contributed by atoms with van der Waals surface area (Å²) in [6.07, 6.45) is 0.253. The number of esters is 1. The van der Waals surface area contributed by atoms with Crippen LogP contribution >= 0.6 is 11.6 Å². The summed E-state index contributed by atoms with van der Waals surface area (Å²) in [7, 11) is 0. The number of amides is 1. The number of aryl methyl sites for hydroxylation is 1. The number of hydrogen-bond acceptors (Lipinski definition) is 3. The largest absolute Gasteiger partial charge is 0.462 e. The van der Waals surface area contributed by atoms with Gasteiger partial charge >= 0.3 is 5.97 Å². The molecule has 0 saturated heterocycles. The highest BCUT2D eigenvalue weighted by atomic mass is 35.5. The average Bonchev–Trinajstić information content (AvgIpc) is 3.06. The monoisotopic (exact) mass is 424 g/mol. The lowest BCUT2D eigenvalue weighted by Gasteiger charge is -2.13. The van der Waals surface area contributed by atoms with Crippen LogP contribution in [-0.4, -0.2) is 23.1 Å². The van der Waals surface area contributed by atoms with E-state index in [0.29, 0.717) is 29.4 Å². The van der Waals surface area contributed by atoms with Gasteiger partial charge in [-0.25, -0.2) is 4.79 Å². The Morgan fingerprint density at radius 3 is 2.47 bits per heavy atom. The van der Waals surface area contributed by atoms with Gasteiger partial charge in [-0.3, -0.25) is 4.79 Å². The first-order chi connectivity index (χ1) is 14.4. The molecule has 3 aromatic rings. The molecule has 30 heavy (non-hydrogen) atoms. The normalized spacial score (nSPS) is 10.7. The molecule has 0 aliphatic rings. The van der Waals surface area contributed by atoms with E-state index in [1.54, 1.807) is 13.0 Å². The van der Waals surface area contributed by atoms with E-state index in [-0.39, 0.29) is 18.3 Å².